The van der Waals surface area contributed by atoms with Gasteiger partial charge in [0, 0.05) is 5.02 Å². The van der Waals surface area contributed by atoms with Crippen molar-refractivity contribution < 1.29 is 4.74 Å². The molecule has 1 aromatic heterocycles. The molecule has 1 N–H and O–H groups in total. The molecule has 3 rings (SSSR count). The van der Waals surface area contributed by atoms with Crippen LogP contribution in [0.4, 0.5) is 0 Å². The van der Waals surface area contributed by atoms with Crippen molar-refractivity contribution in [1.82, 2.24) is 14.9 Å². The van der Waals surface area contributed by atoms with Crippen LogP contribution >= 0.6 is 23.8 Å². The van der Waals surface area contributed by atoms with Gasteiger partial charge in [0.25, 0.3) is 0 Å². The predicted octanol–water partition coefficient (Wildman–Crippen LogP) is 4.54. The molecule has 0 amide bonds. The first-order valence-corrected chi connectivity index (χ1v) is 8.17. The molecule has 0 aliphatic rings. The van der Waals surface area contributed by atoms with Crippen molar-refractivity contribution in [3.8, 4) is 17.1 Å². The topological polar surface area (TPSA) is 55.2 Å². The van der Waals surface area contributed by atoms with Crippen LogP contribution in [-0.2, 0) is 0 Å². The third kappa shape index (κ3) is 3.55. The molecule has 0 unspecified atom stereocenters. The SMILES string of the molecule is CCOc1ccccc1-c1n[nH]c(=S)n1/N=C/c1ccc(Cl)cc1. The molecular weight excluding hydrogens is 344 g/mol. The number of halogens is 1. The molecule has 5 nitrogen and oxygen atoms in total. The highest BCUT2D eigenvalue weighted by Gasteiger charge is 2.13. The highest BCUT2D eigenvalue weighted by atomic mass is 35.5. The largest absolute Gasteiger partial charge is 0.493 e. The Bertz CT molecular complexity index is 915. The summed E-state index contributed by atoms with van der Waals surface area (Å²) in [5.41, 5.74) is 1.73. The molecule has 0 spiro atoms. The van der Waals surface area contributed by atoms with Crippen LogP contribution in [0.25, 0.3) is 11.4 Å². The zero-order valence-corrected chi connectivity index (χ0v) is 14.5. The quantitative estimate of drug-likeness (QED) is 0.538. The number of hydrogen-bond acceptors (Lipinski definition) is 4. The van der Waals surface area contributed by atoms with Gasteiger partial charge in [-0.05, 0) is 49.0 Å². The summed E-state index contributed by atoms with van der Waals surface area (Å²) >= 11 is 11.2. The minimum Gasteiger partial charge on any atom is -0.493 e. The van der Waals surface area contributed by atoms with Crippen molar-refractivity contribution in [2.24, 2.45) is 5.10 Å². The molecule has 0 fully saturated rings. The van der Waals surface area contributed by atoms with Crippen LogP contribution in [0.2, 0.25) is 5.02 Å². The van der Waals surface area contributed by atoms with Crippen LogP contribution in [0, 0.1) is 4.77 Å². The summed E-state index contributed by atoms with van der Waals surface area (Å²) in [6.07, 6.45) is 1.70. The van der Waals surface area contributed by atoms with Crippen LogP contribution in [0.15, 0.2) is 53.6 Å². The zero-order valence-electron chi connectivity index (χ0n) is 12.9. The van der Waals surface area contributed by atoms with Crippen LogP contribution in [0.1, 0.15) is 12.5 Å². The van der Waals surface area contributed by atoms with Crippen molar-refractivity contribution in [1.29, 1.82) is 0 Å². The normalized spacial score (nSPS) is 11.1. The number of ether oxygens (including phenoxy) is 1. The van der Waals surface area contributed by atoms with E-state index in [0.717, 1.165) is 16.9 Å². The summed E-state index contributed by atoms with van der Waals surface area (Å²) in [4.78, 5) is 0. The molecule has 7 heteroatoms. The Morgan fingerprint density at radius 2 is 2.00 bits per heavy atom. The number of H-pyrrole nitrogens is 1. The van der Waals surface area contributed by atoms with Gasteiger partial charge in [-0.1, -0.05) is 35.9 Å². The molecule has 0 saturated carbocycles. The Balaban J connectivity index is 2.01. The monoisotopic (exact) mass is 358 g/mol. The number of nitrogens with one attached hydrogen (secondary N) is 1. The van der Waals surface area contributed by atoms with Gasteiger partial charge in [-0.2, -0.15) is 14.9 Å². The minimum absolute atomic E-state index is 0.404. The Labute approximate surface area is 149 Å². The second-order valence-corrected chi connectivity index (χ2v) is 5.71. The molecule has 0 atom stereocenters. The number of aromatic nitrogens is 3. The highest BCUT2D eigenvalue weighted by Crippen LogP contribution is 2.28. The Morgan fingerprint density at radius 1 is 1.25 bits per heavy atom. The molecule has 0 bridgehead atoms. The molecule has 0 aliphatic carbocycles. The highest BCUT2D eigenvalue weighted by molar-refractivity contribution is 7.71. The standard InChI is InChI=1S/C17H15ClN4OS/c1-2-23-15-6-4-3-5-14(15)16-20-21-17(24)22(16)19-11-12-7-9-13(18)10-8-12/h3-11H,2H2,1H3,(H,21,24)/b19-11+. The fourth-order valence-corrected chi connectivity index (χ4v) is 2.48. The maximum absolute atomic E-state index is 5.89. The molecule has 3 aromatic rings. The fraction of sp³-hybridized carbons (Fsp3) is 0.118. The summed E-state index contributed by atoms with van der Waals surface area (Å²) in [5, 5.41) is 12.2. The predicted molar refractivity (Wildman–Crippen MR) is 98.5 cm³/mol. The van der Waals surface area contributed by atoms with E-state index in [2.05, 4.69) is 15.3 Å². The number of nitrogens with zero attached hydrogens (tertiary/aromatic N) is 3. The van der Waals surface area contributed by atoms with E-state index in [4.69, 9.17) is 28.6 Å². The zero-order chi connectivity index (χ0) is 16.9. The smallest absolute Gasteiger partial charge is 0.216 e. The summed E-state index contributed by atoms with van der Waals surface area (Å²) in [6.45, 7) is 2.50. The lowest BCUT2D eigenvalue weighted by molar-refractivity contribution is 0.341. The van der Waals surface area contributed by atoms with Crippen molar-refractivity contribution in [2.45, 2.75) is 6.92 Å². The van der Waals surface area contributed by atoms with Gasteiger partial charge in [0.05, 0.1) is 18.4 Å². The summed E-state index contributed by atoms with van der Waals surface area (Å²) < 4.78 is 7.64. The maximum Gasteiger partial charge on any atom is 0.216 e. The van der Waals surface area contributed by atoms with Crippen LogP contribution in [0.5, 0.6) is 5.75 Å². The lowest BCUT2D eigenvalue weighted by Crippen LogP contribution is -1.99. The third-order valence-electron chi connectivity index (χ3n) is 3.27. The molecular formula is C17H15ClN4OS. The van der Waals surface area contributed by atoms with Gasteiger partial charge in [-0.25, -0.2) is 5.10 Å². The second-order valence-electron chi connectivity index (χ2n) is 4.89. The van der Waals surface area contributed by atoms with E-state index in [1.807, 2.05) is 55.5 Å². The second kappa shape index (κ2) is 7.42. The van der Waals surface area contributed by atoms with Crippen molar-refractivity contribution in [3.63, 3.8) is 0 Å². The number of hydrogen-bond donors (Lipinski definition) is 1. The molecule has 0 radical (unpaired) electrons. The molecule has 24 heavy (non-hydrogen) atoms. The molecule has 1 heterocycles. The van der Waals surface area contributed by atoms with Gasteiger partial charge >= 0.3 is 0 Å². The number of rotatable bonds is 5. The Hall–Kier alpha value is -2.44. The molecule has 0 saturated heterocycles. The van der Waals surface area contributed by atoms with Gasteiger partial charge < -0.3 is 4.74 Å². The van der Waals surface area contributed by atoms with Gasteiger partial charge in [0.2, 0.25) is 4.77 Å². The van der Waals surface area contributed by atoms with Crippen LogP contribution in [0.3, 0.4) is 0 Å². The average Bonchev–Trinajstić information content (AvgIpc) is 2.96. The average molecular weight is 359 g/mol. The summed E-state index contributed by atoms with van der Waals surface area (Å²) in [7, 11) is 0. The first kappa shape index (κ1) is 16.4. The van der Waals surface area contributed by atoms with Crippen molar-refractivity contribution >= 4 is 30.0 Å². The summed E-state index contributed by atoms with van der Waals surface area (Å²) in [5.74, 6) is 1.33. The van der Waals surface area contributed by atoms with Crippen LogP contribution in [-0.4, -0.2) is 27.7 Å². The van der Waals surface area contributed by atoms with E-state index in [1.54, 1.807) is 10.9 Å². The molecule has 2 aromatic carbocycles. The Morgan fingerprint density at radius 3 is 2.75 bits per heavy atom. The van der Waals surface area contributed by atoms with E-state index in [1.165, 1.54) is 0 Å². The van der Waals surface area contributed by atoms with E-state index < -0.39 is 0 Å². The van der Waals surface area contributed by atoms with Gasteiger partial charge in [0.15, 0.2) is 5.82 Å². The third-order valence-corrected chi connectivity index (χ3v) is 3.79. The lowest BCUT2D eigenvalue weighted by Gasteiger charge is -2.08. The van der Waals surface area contributed by atoms with Gasteiger partial charge in [0.1, 0.15) is 5.75 Å². The number of aromatic amines is 1. The van der Waals surface area contributed by atoms with Crippen molar-refractivity contribution in [2.75, 3.05) is 6.61 Å². The van der Waals surface area contributed by atoms with Crippen molar-refractivity contribution in [3.05, 3.63) is 63.9 Å². The first-order valence-electron chi connectivity index (χ1n) is 7.38. The van der Waals surface area contributed by atoms with E-state index >= 15 is 0 Å². The van der Waals surface area contributed by atoms with E-state index in [9.17, 15) is 0 Å². The molecule has 0 aliphatic heterocycles. The minimum atomic E-state index is 0.404. The number of para-hydroxylation sites is 1. The van der Waals surface area contributed by atoms with E-state index in [-0.39, 0.29) is 0 Å². The first-order chi connectivity index (χ1) is 11.7. The Kier molecular flexibility index (Phi) is 5.08. The van der Waals surface area contributed by atoms with E-state index in [0.29, 0.717) is 22.2 Å². The molecule has 122 valence electrons. The number of benzene rings is 2. The lowest BCUT2D eigenvalue weighted by atomic mass is 10.2. The fourth-order valence-electron chi connectivity index (χ4n) is 2.18. The van der Waals surface area contributed by atoms with Crippen LogP contribution < -0.4 is 4.74 Å². The van der Waals surface area contributed by atoms with Gasteiger partial charge in [-0.15, -0.1) is 0 Å². The summed E-state index contributed by atoms with van der Waals surface area (Å²) in [6, 6.07) is 15.0. The maximum atomic E-state index is 5.89. The van der Waals surface area contributed by atoms with Gasteiger partial charge in [-0.3, -0.25) is 0 Å².